The van der Waals surface area contributed by atoms with Crippen LogP contribution in [0.2, 0.25) is 0 Å². The third-order valence-corrected chi connectivity index (χ3v) is 6.14. The summed E-state index contributed by atoms with van der Waals surface area (Å²) in [6.45, 7) is 2.26. The highest BCUT2D eigenvalue weighted by molar-refractivity contribution is 5.43. The van der Waals surface area contributed by atoms with Gasteiger partial charge in [-0.1, -0.05) is 56.9 Å². The van der Waals surface area contributed by atoms with Crippen LogP contribution in [-0.4, -0.2) is 0 Å². The van der Waals surface area contributed by atoms with Crippen molar-refractivity contribution in [1.82, 2.24) is 0 Å². The molecule has 0 spiro atoms. The number of unbranched alkanes of at least 4 members (excludes halogenated alkanes) is 2. The third-order valence-electron chi connectivity index (χ3n) is 6.14. The molecule has 0 radical (unpaired) electrons. The molecule has 0 unspecified atom stereocenters. The average molecular weight is 349 g/mol. The van der Waals surface area contributed by atoms with E-state index in [9.17, 15) is 4.39 Å². The minimum Gasteiger partial charge on any atom is -0.207 e. The van der Waals surface area contributed by atoms with E-state index in [1.54, 1.807) is 12.1 Å². The molecule has 0 heterocycles. The molecule has 0 amide bonds. The first-order chi connectivity index (χ1) is 12.7. The van der Waals surface area contributed by atoms with Crippen molar-refractivity contribution in [2.24, 2.45) is 5.92 Å². The highest BCUT2D eigenvalue weighted by Crippen LogP contribution is 2.47. The molecule has 2 heteroatoms. The van der Waals surface area contributed by atoms with Gasteiger partial charge in [-0.15, -0.1) is 0 Å². The second kappa shape index (κ2) is 8.49. The predicted molar refractivity (Wildman–Crippen MR) is 104 cm³/mol. The largest absolute Gasteiger partial charge is 0.207 e. The summed E-state index contributed by atoms with van der Waals surface area (Å²) in [5.74, 6) is 0.630. The highest BCUT2D eigenvalue weighted by atomic mass is 19.1. The molecule has 0 saturated heterocycles. The van der Waals surface area contributed by atoms with Crippen molar-refractivity contribution in [2.45, 2.75) is 63.7 Å². The van der Waals surface area contributed by atoms with Gasteiger partial charge in [-0.3, -0.25) is 0 Å². The second-order valence-corrected chi connectivity index (χ2v) is 7.72. The molecule has 0 bridgehead atoms. The maximum atomic E-state index is 13.5. The van der Waals surface area contributed by atoms with Crippen LogP contribution >= 0.6 is 0 Å². The number of halogens is 1. The van der Waals surface area contributed by atoms with E-state index in [4.69, 9.17) is 5.26 Å². The minimum absolute atomic E-state index is 0.0526. The molecule has 3 rings (SSSR count). The van der Waals surface area contributed by atoms with Gasteiger partial charge in [-0.05, 0) is 67.0 Å². The van der Waals surface area contributed by atoms with Crippen molar-refractivity contribution < 1.29 is 4.39 Å². The Morgan fingerprint density at radius 2 is 1.54 bits per heavy atom. The Hall–Kier alpha value is -2.14. The molecule has 0 N–H and O–H groups in total. The standard InChI is InChI=1S/C24H28FN/c1-2-3-4-5-19-14-16-24(17-15-19,22-10-12-23(25)13-11-22)21-8-6-20(18-26)7-9-21/h6-13,19H,2-5,14-17H2,1H3. The van der Waals surface area contributed by atoms with Gasteiger partial charge in [0.1, 0.15) is 5.82 Å². The summed E-state index contributed by atoms with van der Waals surface area (Å²) in [4.78, 5) is 0. The summed E-state index contributed by atoms with van der Waals surface area (Å²) in [6, 6.07) is 17.3. The van der Waals surface area contributed by atoms with Gasteiger partial charge in [0.05, 0.1) is 11.6 Å². The van der Waals surface area contributed by atoms with Gasteiger partial charge < -0.3 is 0 Å². The number of hydrogen-bond acceptors (Lipinski definition) is 1. The van der Waals surface area contributed by atoms with Gasteiger partial charge >= 0.3 is 0 Å². The Morgan fingerprint density at radius 3 is 2.08 bits per heavy atom. The van der Waals surface area contributed by atoms with Crippen LogP contribution in [0.1, 0.15) is 75.0 Å². The summed E-state index contributed by atoms with van der Waals surface area (Å²) in [6.07, 6.45) is 9.92. The minimum atomic E-state index is -0.183. The lowest BCUT2D eigenvalue weighted by molar-refractivity contribution is 0.250. The van der Waals surface area contributed by atoms with Crippen LogP contribution in [0.25, 0.3) is 0 Å². The van der Waals surface area contributed by atoms with Crippen LogP contribution in [0.4, 0.5) is 4.39 Å². The molecule has 1 aliphatic carbocycles. The van der Waals surface area contributed by atoms with Crippen LogP contribution in [0.3, 0.4) is 0 Å². The lowest BCUT2D eigenvalue weighted by atomic mass is 9.62. The first kappa shape index (κ1) is 18.6. The summed E-state index contributed by atoms with van der Waals surface area (Å²) in [7, 11) is 0. The fourth-order valence-electron chi connectivity index (χ4n) is 4.52. The van der Waals surface area contributed by atoms with Crippen molar-refractivity contribution in [3.63, 3.8) is 0 Å². The maximum absolute atomic E-state index is 13.5. The van der Waals surface area contributed by atoms with Gasteiger partial charge in [0.25, 0.3) is 0 Å². The molecule has 2 aromatic carbocycles. The van der Waals surface area contributed by atoms with Crippen molar-refractivity contribution in [1.29, 1.82) is 5.26 Å². The molecule has 0 aromatic heterocycles. The number of benzene rings is 2. The first-order valence-electron chi connectivity index (χ1n) is 9.94. The Labute approximate surface area is 156 Å². The topological polar surface area (TPSA) is 23.8 Å². The first-order valence-corrected chi connectivity index (χ1v) is 9.94. The molecular weight excluding hydrogens is 321 g/mol. The highest BCUT2D eigenvalue weighted by Gasteiger charge is 2.38. The molecule has 2 aromatic rings. The molecule has 0 aliphatic heterocycles. The monoisotopic (exact) mass is 349 g/mol. The molecule has 1 aliphatic rings. The van der Waals surface area contributed by atoms with Crippen LogP contribution < -0.4 is 0 Å². The Balaban J connectivity index is 1.86. The van der Waals surface area contributed by atoms with E-state index in [0.29, 0.717) is 5.56 Å². The number of hydrogen-bond donors (Lipinski definition) is 0. The Kier molecular flexibility index (Phi) is 6.09. The fraction of sp³-hybridized carbons (Fsp3) is 0.458. The third kappa shape index (κ3) is 3.98. The van der Waals surface area contributed by atoms with Gasteiger partial charge in [0.2, 0.25) is 0 Å². The molecule has 26 heavy (non-hydrogen) atoms. The Bertz CT molecular complexity index is 731. The van der Waals surface area contributed by atoms with Crippen molar-refractivity contribution >= 4 is 0 Å². The van der Waals surface area contributed by atoms with E-state index in [0.717, 1.165) is 18.8 Å². The average Bonchev–Trinajstić information content (AvgIpc) is 2.69. The summed E-state index contributed by atoms with van der Waals surface area (Å²) in [5, 5.41) is 9.10. The van der Waals surface area contributed by atoms with E-state index in [1.807, 2.05) is 24.3 Å². The van der Waals surface area contributed by atoms with Crippen LogP contribution in [-0.2, 0) is 5.41 Å². The molecule has 1 fully saturated rings. The zero-order chi connectivity index (χ0) is 18.4. The molecule has 0 atom stereocenters. The van der Waals surface area contributed by atoms with Gasteiger partial charge in [0.15, 0.2) is 0 Å². The zero-order valence-electron chi connectivity index (χ0n) is 15.7. The summed E-state index contributed by atoms with van der Waals surface area (Å²) in [5.41, 5.74) is 3.10. The quantitative estimate of drug-likeness (QED) is 0.529. The van der Waals surface area contributed by atoms with E-state index in [1.165, 1.54) is 49.7 Å². The van der Waals surface area contributed by atoms with Crippen LogP contribution in [0.5, 0.6) is 0 Å². The summed E-state index contributed by atoms with van der Waals surface area (Å²) >= 11 is 0. The zero-order valence-corrected chi connectivity index (χ0v) is 15.7. The Morgan fingerprint density at radius 1 is 0.962 bits per heavy atom. The molecule has 1 saturated carbocycles. The lowest BCUT2D eigenvalue weighted by Crippen LogP contribution is -2.33. The maximum Gasteiger partial charge on any atom is 0.123 e. The van der Waals surface area contributed by atoms with E-state index in [-0.39, 0.29) is 11.2 Å². The van der Waals surface area contributed by atoms with Crippen molar-refractivity contribution in [3.8, 4) is 6.07 Å². The van der Waals surface area contributed by atoms with E-state index in [2.05, 4.69) is 25.1 Å². The fourth-order valence-corrected chi connectivity index (χ4v) is 4.52. The van der Waals surface area contributed by atoms with Crippen LogP contribution in [0, 0.1) is 23.1 Å². The predicted octanol–water partition coefficient (Wildman–Crippen LogP) is 6.75. The van der Waals surface area contributed by atoms with Gasteiger partial charge in [-0.2, -0.15) is 5.26 Å². The number of nitrogens with zero attached hydrogens (tertiary/aromatic N) is 1. The molecule has 136 valence electrons. The van der Waals surface area contributed by atoms with Crippen molar-refractivity contribution in [2.75, 3.05) is 0 Å². The molecular formula is C24H28FN. The number of nitriles is 1. The van der Waals surface area contributed by atoms with E-state index < -0.39 is 0 Å². The second-order valence-electron chi connectivity index (χ2n) is 7.72. The lowest BCUT2D eigenvalue weighted by Gasteiger charge is -2.41. The van der Waals surface area contributed by atoms with Crippen LogP contribution in [0.15, 0.2) is 48.5 Å². The van der Waals surface area contributed by atoms with Gasteiger partial charge in [0, 0.05) is 5.41 Å². The SMILES string of the molecule is CCCCCC1CCC(c2ccc(F)cc2)(c2ccc(C#N)cc2)CC1. The smallest absolute Gasteiger partial charge is 0.123 e. The summed E-state index contributed by atoms with van der Waals surface area (Å²) < 4.78 is 13.5. The number of rotatable bonds is 6. The van der Waals surface area contributed by atoms with Gasteiger partial charge in [-0.25, -0.2) is 4.39 Å². The molecule has 1 nitrogen and oxygen atoms in total. The van der Waals surface area contributed by atoms with Crippen molar-refractivity contribution in [3.05, 3.63) is 71.0 Å². The van der Waals surface area contributed by atoms with E-state index >= 15 is 0 Å². The normalized spacial score (nSPS) is 22.7.